The first-order valence-corrected chi connectivity index (χ1v) is 5.49. The maximum absolute atomic E-state index is 8.96. The third kappa shape index (κ3) is 2.53. The van der Waals surface area contributed by atoms with Gasteiger partial charge in [-0.15, -0.1) is 0 Å². The quantitative estimate of drug-likeness (QED) is 0.688. The lowest BCUT2D eigenvalue weighted by molar-refractivity contribution is 0.299. The van der Waals surface area contributed by atoms with Crippen LogP contribution in [0.4, 0.5) is 0 Å². The lowest BCUT2D eigenvalue weighted by Gasteiger charge is -2.07. The number of rotatable bonds is 4. The molecule has 0 N–H and O–H groups in total. The fourth-order valence-corrected chi connectivity index (χ4v) is 1.56. The molecule has 1 fully saturated rings. The van der Waals surface area contributed by atoms with E-state index in [2.05, 4.69) is 13.9 Å². The van der Waals surface area contributed by atoms with E-state index in [9.17, 15) is 0 Å². The summed E-state index contributed by atoms with van der Waals surface area (Å²) in [7, 11) is 2.06. The second-order valence-electron chi connectivity index (χ2n) is 4.04. The average molecular weight is 199 g/mol. The Kier molecular flexibility index (Phi) is 2.96. The van der Waals surface area contributed by atoms with Gasteiger partial charge in [0.25, 0.3) is 0 Å². The summed E-state index contributed by atoms with van der Waals surface area (Å²) in [4.78, 5) is 0. The van der Waals surface area contributed by atoms with E-state index >= 15 is 0 Å². The van der Waals surface area contributed by atoms with E-state index in [1.807, 2.05) is 18.2 Å². The molecule has 0 radical (unpaired) electrons. The summed E-state index contributed by atoms with van der Waals surface area (Å²) in [6.45, 7) is 0.802. The average Bonchev–Trinajstić information content (AvgIpc) is 3.09. The summed E-state index contributed by atoms with van der Waals surface area (Å²) in [6.07, 6.45) is 3.47. The smallest absolute Gasteiger partial charge is 0.120 e. The molecule has 0 amide bonds. The van der Waals surface area contributed by atoms with Crippen LogP contribution in [0.1, 0.15) is 24.0 Å². The van der Waals surface area contributed by atoms with Crippen LogP contribution in [0.5, 0.6) is 5.75 Å². The van der Waals surface area contributed by atoms with Gasteiger partial charge in [0, 0.05) is 0 Å². The highest BCUT2D eigenvalue weighted by Crippen LogP contribution is 2.29. The molecule has 0 aromatic heterocycles. The Labute approximate surface area is 91.3 Å². The Balaban J connectivity index is 2.08. The van der Waals surface area contributed by atoms with E-state index in [1.165, 1.54) is 12.8 Å². The van der Waals surface area contributed by atoms with Gasteiger partial charge in [0.15, 0.2) is 0 Å². The number of ether oxygens (including phenoxy) is 1. The third-order valence-corrected chi connectivity index (χ3v) is 2.77. The Morgan fingerprint density at radius 1 is 1.47 bits per heavy atom. The van der Waals surface area contributed by atoms with Crippen molar-refractivity contribution < 1.29 is 4.74 Å². The van der Waals surface area contributed by atoms with E-state index in [-0.39, 0.29) is 0 Å². The molecule has 2 rings (SSSR count). The first kappa shape index (κ1) is 10.1. The Morgan fingerprint density at radius 3 is 2.87 bits per heavy atom. The van der Waals surface area contributed by atoms with Crippen LogP contribution < -0.4 is 4.74 Å². The number of nitrogens with zero attached hydrogens (tertiary/aromatic N) is 1. The summed E-state index contributed by atoms with van der Waals surface area (Å²) in [6, 6.07) is 8.01. The van der Waals surface area contributed by atoms with Crippen LogP contribution in [0.15, 0.2) is 18.2 Å². The number of nitriles is 1. The van der Waals surface area contributed by atoms with Crippen molar-refractivity contribution in [1.29, 1.82) is 5.26 Å². The van der Waals surface area contributed by atoms with Gasteiger partial charge in [-0.2, -0.15) is 5.26 Å². The predicted molar refractivity (Wildman–Crippen MR) is 61.6 cm³/mol. The van der Waals surface area contributed by atoms with E-state index in [0.717, 1.165) is 35.7 Å². The molecule has 0 bridgehead atoms. The van der Waals surface area contributed by atoms with Crippen molar-refractivity contribution in [3.8, 4) is 11.8 Å². The summed E-state index contributed by atoms with van der Waals surface area (Å²) in [5.41, 5.74) is 1.84. The van der Waals surface area contributed by atoms with E-state index in [1.54, 1.807) is 0 Å². The van der Waals surface area contributed by atoms with Crippen LogP contribution in [0.2, 0.25) is 0 Å². The molecule has 3 heteroatoms. The van der Waals surface area contributed by atoms with Crippen LogP contribution in [0, 0.1) is 17.2 Å². The Bertz CT molecular complexity index is 393. The summed E-state index contributed by atoms with van der Waals surface area (Å²) >= 11 is 0. The normalized spacial score (nSPS) is 14.6. The fourth-order valence-electron chi connectivity index (χ4n) is 1.56. The second-order valence-corrected chi connectivity index (χ2v) is 4.04. The van der Waals surface area contributed by atoms with Gasteiger partial charge >= 0.3 is 0 Å². The van der Waals surface area contributed by atoms with Crippen molar-refractivity contribution in [2.24, 2.45) is 5.92 Å². The minimum atomic E-state index is 0.741. The van der Waals surface area contributed by atoms with Gasteiger partial charge in [0.1, 0.15) is 13.6 Å². The number of benzene rings is 1. The zero-order valence-electron chi connectivity index (χ0n) is 8.99. The molecule has 0 saturated heterocycles. The van der Waals surface area contributed by atoms with E-state index in [4.69, 9.17) is 10.00 Å². The number of hydrogen-bond donors (Lipinski definition) is 0. The molecule has 2 nitrogen and oxygen atoms in total. The van der Waals surface area contributed by atoms with Crippen molar-refractivity contribution in [2.45, 2.75) is 19.2 Å². The van der Waals surface area contributed by atoms with Crippen LogP contribution in [-0.4, -0.2) is 14.5 Å². The minimum absolute atomic E-state index is 0.741. The molecule has 0 spiro atoms. The van der Waals surface area contributed by atoms with Gasteiger partial charge in [-0.1, -0.05) is 12.4 Å². The maximum Gasteiger partial charge on any atom is 0.120 e. The molecule has 1 aliphatic carbocycles. The molecule has 15 heavy (non-hydrogen) atoms. The fraction of sp³-hybridized carbons (Fsp3) is 0.417. The SMILES string of the molecule is BCc1ccc(OCC2CC2)cc1C#N. The van der Waals surface area contributed by atoms with Gasteiger partial charge in [0.2, 0.25) is 0 Å². The molecular formula is C12H14BNO. The molecule has 1 aromatic carbocycles. The van der Waals surface area contributed by atoms with Gasteiger partial charge in [-0.05, 0) is 36.5 Å². The summed E-state index contributed by atoms with van der Waals surface area (Å²) < 4.78 is 5.62. The van der Waals surface area contributed by atoms with E-state index in [0.29, 0.717) is 0 Å². The van der Waals surface area contributed by atoms with Crippen LogP contribution >= 0.6 is 0 Å². The lowest BCUT2D eigenvalue weighted by Crippen LogP contribution is -2.00. The van der Waals surface area contributed by atoms with E-state index < -0.39 is 0 Å². The largest absolute Gasteiger partial charge is 0.493 e. The highest BCUT2D eigenvalue weighted by atomic mass is 16.5. The van der Waals surface area contributed by atoms with Crippen molar-refractivity contribution in [2.75, 3.05) is 6.61 Å². The van der Waals surface area contributed by atoms with Crippen LogP contribution in [-0.2, 0) is 6.32 Å². The zero-order valence-corrected chi connectivity index (χ0v) is 8.99. The Morgan fingerprint density at radius 2 is 2.27 bits per heavy atom. The van der Waals surface area contributed by atoms with Crippen molar-refractivity contribution in [3.05, 3.63) is 29.3 Å². The molecule has 1 saturated carbocycles. The first-order valence-electron chi connectivity index (χ1n) is 5.49. The maximum atomic E-state index is 8.96. The highest BCUT2D eigenvalue weighted by Gasteiger charge is 2.21. The first-order chi connectivity index (χ1) is 7.33. The Hall–Kier alpha value is -1.43. The lowest BCUT2D eigenvalue weighted by atomic mass is 9.93. The molecular weight excluding hydrogens is 185 g/mol. The molecule has 76 valence electrons. The third-order valence-electron chi connectivity index (χ3n) is 2.77. The standard InChI is InChI=1S/C12H14BNO/c13-6-10-3-4-12(5-11(10)7-14)15-8-9-1-2-9/h3-5,9H,1-2,6,8,13H2. The summed E-state index contributed by atoms with van der Waals surface area (Å²) in [5, 5.41) is 8.96. The van der Waals surface area contributed by atoms with Gasteiger partial charge in [-0.3, -0.25) is 0 Å². The molecule has 1 aromatic rings. The molecule has 0 heterocycles. The minimum Gasteiger partial charge on any atom is -0.493 e. The molecule has 0 aliphatic heterocycles. The topological polar surface area (TPSA) is 33.0 Å². The van der Waals surface area contributed by atoms with Crippen LogP contribution in [0.25, 0.3) is 0 Å². The van der Waals surface area contributed by atoms with Crippen molar-refractivity contribution in [3.63, 3.8) is 0 Å². The molecule has 1 aliphatic rings. The molecule has 0 unspecified atom stereocenters. The van der Waals surface area contributed by atoms with Crippen molar-refractivity contribution in [1.82, 2.24) is 0 Å². The van der Waals surface area contributed by atoms with Gasteiger partial charge < -0.3 is 4.74 Å². The van der Waals surface area contributed by atoms with Gasteiger partial charge in [0.05, 0.1) is 18.2 Å². The molecule has 0 atom stereocenters. The summed E-state index contributed by atoms with van der Waals surface area (Å²) in [5.74, 6) is 1.58. The monoisotopic (exact) mass is 199 g/mol. The number of hydrogen-bond acceptors (Lipinski definition) is 2. The van der Waals surface area contributed by atoms with Crippen molar-refractivity contribution >= 4 is 7.85 Å². The van der Waals surface area contributed by atoms with Crippen LogP contribution in [0.3, 0.4) is 0 Å². The predicted octanol–water partition coefficient (Wildman–Crippen LogP) is 1.48. The highest BCUT2D eigenvalue weighted by molar-refractivity contribution is 6.08. The second kappa shape index (κ2) is 4.40. The van der Waals surface area contributed by atoms with Gasteiger partial charge in [-0.25, -0.2) is 0 Å². The zero-order chi connectivity index (χ0) is 10.7.